The van der Waals surface area contributed by atoms with Gasteiger partial charge >= 0.3 is 0 Å². The first-order valence-corrected chi connectivity index (χ1v) is 6.23. The molecule has 5 heteroatoms. The van der Waals surface area contributed by atoms with Gasteiger partial charge in [0.05, 0.1) is 19.6 Å². The molecule has 1 aromatic rings. The minimum Gasteiger partial charge on any atom is -0.378 e. The predicted octanol–water partition coefficient (Wildman–Crippen LogP) is 0.169. The summed E-state index contributed by atoms with van der Waals surface area (Å²) in [4.78, 5) is 11.3. The maximum Gasteiger partial charge on any atom is 0.228 e. The number of nitrogens with two attached hydrogens (primary N) is 1. The molecule has 0 radical (unpaired) electrons. The lowest BCUT2D eigenvalue weighted by molar-refractivity contribution is -0.115. The first kappa shape index (κ1) is 11.6. The Morgan fingerprint density at radius 3 is 3.11 bits per heavy atom. The number of benzene rings is 1. The van der Waals surface area contributed by atoms with E-state index < -0.39 is 0 Å². The zero-order valence-corrected chi connectivity index (χ0v) is 10.1. The minimum atomic E-state index is -0.105. The van der Waals surface area contributed by atoms with Crippen molar-refractivity contribution < 1.29 is 9.53 Å². The van der Waals surface area contributed by atoms with E-state index in [1.165, 1.54) is 0 Å². The molecule has 0 saturated carbocycles. The first-order valence-electron chi connectivity index (χ1n) is 6.23. The second-order valence-corrected chi connectivity index (χ2v) is 4.80. The van der Waals surface area contributed by atoms with Crippen molar-refractivity contribution >= 4 is 11.6 Å². The lowest BCUT2D eigenvalue weighted by Gasteiger charge is -2.29. The van der Waals surface area contributed by atoms with E-state index >= 15 is 0 Å². The summed E-state index contributed by atoms with van der Waals surface area (Å²) >= 11 is 0. The number of hydrogen-bond acceptors (Lipinski definition) is 4. The number of ether oxygens (including phenoxy) is 1. The molecule has 2 aliphatic rings. The van der Waals surface area contributed by atoms with Gasteiger partial charge in [-0.2, -0.15) is 0 Å². The van der Waals surface area contributed by atoms with E-state index in [2.05, 4.69) is 10.6 Å². The van der Waals surface area contributed by atoms with Crippen molar-refractivity contribution in [2.45, 2.75) is 18.5 Å². The fourth-order valence-electron chi connectivity index (χ4n) is 2.51. The molecule has 1 saturated heterocycles. The highest BCUT2D eigenvalue weighted by Gasteiger charge is 2.24. The average Bonchev–Trinajstić information content (AvgIpc) is 2.78. The van der Waals surface area contributed by atoms with Gasteiger partial charge in [-0.15, -0.1) is 0 Å². The van der Waals surface area contributed by atoms with Crippen molar-refractivity contribution in [3.8, 4) is 0 Å². The van der Waals surface area contributed by atoms with Gasteiger partial charge in [-0.1, -0.05) is 12.1 Å². The Labute approximate surface area is 106 Å². The third kappa shape index (κ3) is 2.12. The van der Waals surface area contributed by atoms with Gasteiger partial charge in [0.1, 0.15) is 0 Å². The minimum absolute atomic E-state index is 0.0508. The Bertz CT molecular complexity index is 469. The molecule has 0 spiro atoms. The van der Waals surface area contributed by atoms with Crippen LogP contribution in [0.1, 0.15) is 17.2 Å². The molecule has 2 aliphatic heterocycles. The van der Waals surface area contributed by atoms with Gasteiger partial charge in [-0.05, 0) is 17.2 Å². The first-order chi connectivity index (χ1) is 8.74. The smallest absolute Gasteiger partial charge is 0.228 e. The van der Waals surface area contributed by atoms with E-state index in [4.69, 9.17) is 10.5 Å². The summed E-state index contributed by atoms with van der Waals surface area (Å²) in [6.07, 6.45) is 0.449. The lowest BCUT2D eigenvalue weighted by Crippen LogP contribution is -2.47. The molecule has 2 atom stereocenters. The van der Waals surface area contributed by atoms with Crippen LogP contribution in [0.25, 0.3) is 0 Å². The largest absolute Gasteiger partial charge is 0.378 e. The summed E-state index contributed by atoms with van der Waals surface area (Å²) < 4.78 is 5.43. The van der Waals surface area contributed by atoms with Gasteiger partial charge < -0.3 is 21.1 Å². The van der Waals surface area contributed by atoms with Crippen LogP contribution in [0.15, 0.2) is 18.2 Å². The number of carbonyl (C=O) groups excluding carboxylic acids is 1. The number of hydrogen-bond donors (Lipinski definition) is 3. The van der Waals surface area contributed by atoms with E-state index in [9.17, 15) is 4.79 Å². The summed E-state index contributed by atoms with van der Waals surface area (Å²) in [5.74, 6) is 0.0508. The maximum atomic E-state index is 11.3. The molecule has 18 heavy (non-hydrogen) atoms. The van der Waals surface area contributed by atoms with Crippen LogP contribution in [0.2, 0.25) is 0 Å². The van der Waals surface area contributed by atoms with Crippen molar-refractivity contribution in [3.05, 3.63) is 29.3 Å². The highest BCUT2D eigenvalue weighted by Crippen LogP contribution is 2.27. The molecule has 0 bridgehead atoms. The molecule has 0 aromatic heterocycles. The number of morpholine rings is 1. The highest BCUT2D eigenvalue weighted by atomic mass is 16.5. The summed E-state index contributed by atoms with van der Waals surface area (Å²) in [6.45, 7) is 2.21. The molecule has 2 heterocycles. The standard InChI is InChI=1S/C13H17N3O2/c14-13(11-7-18-4-3-15-11)8-1-2-10-9(5-8)6-12(17)16-10/h1-2,5,11,13,15H,3-4,6-7,14H2,(H,16,17). The normalized spacial score (nSPS) is 24.5. The molecule has 1 fully saturated rings. The van der Waals surface area contributed by atoms with Crippen molar-refractivity contribution in [3.63, 3.8) is 0 Å². The molecule has 0 aliphatic carbocycles. The SMILES string of the molecule is NC(c1ccc2c(c1)CC(=O)N2)C1COCCN1. The summed E-state index contributed by atoms with van der Waals surface area (Å²) in [6, 6.07) is 5.96. The van der Waals surface area contributed by atoms with E-state index in [-0.39, 0.29) is 18.0 Å². The van der Waals surface area contributed by atoms with E-state index in [0.717, 1.165) is 30.0 Å². The van der Waals surface area contributed by atoms with Crippen LogP contribution in [0.4, 0.5) is 5.69 Å². The Morgan fingerprint density at radius 2 is 2.33 bits per heavy atom. The second-order valence-electron chi connectivity index (χ2n) is 4.80. The van der Waals surface area contributed by atoms with E-state index in [1.54, 1.807) is 0 Å². The quantitative estimate of drug-likeness (QED) is 0.696. The van der Waals surface area contributed by atoms with Gasteiger partial charge in [-0.25, -0.2) is 0 Å². The highest BCUT2D eigenvalue weighted by molar-refractivity contribution is 5.99. The van der Waals surface area contributed by atoms with Crippen LogP contribution in [0, 0.1) is 0 Å². The monoisotopic (exact) mass is 247 g/mol. The number of carbonyl (C=O) groups is 1. The summed E-state index contributed by atoms with van der Waals surface area (Å²) in [7, 11) is 0. The van der Waals surface area contributed by atoms with Crippen LogP contribution in [0.3, 0.4) is 0 Å². The third-order valence-corrected chi connectivity index (χ3v) is 3.52. The van der Waals surface area contributed by atoms with Gasteiger partial charge in [0, 0.05) is 24.3 Å². The topological polar surface area (TPSA) is 76.4 Å². The molecule has 96 valence electrons. The van der Waals surface area contributed by atoms with Crippen LogP contribution in [-0.4, -0.2) is 31.7 Å². The predicted molar refractivity (Wildman–Crippen MR) is 68.3 cm³/mol. The Balaban J connectivity index is 1.80. The summed E-state index contributed by atoms with van der Waals surface area (Å²) in [5.41, 5.74) is 9.24. The molecule has 4 N–H and O–H groups in total. The van der Waals surface area contributed by atoms with Crippen LogP contribution in [0.5, 0.6) is 0 Å². The molecule has 1 amide bonds. The summed E-state index contributed by atoms with van der Waals surface area (Å²) in [5, 5.41) is 6.18. The fraction of sp³-hybridized carbons (Fsp3) is 0.462. The van der Waals surface area contributed by atoms with Crippen LogP contribution >= 0.6 is 0 Å². The molecular weight excluding hydrogens is 230 g/mol. The van der Waals surface area contributed by atoms with Gasteiger partial charge in [0.2, 0.25) is 5.91 Å². The van der Waals surface area contributed by atoms with E-state index in [1.807, 2.05) is 18.2 Å². The van der Waals surface area contributed by atoms with Crippen LogP contribution < -0.4 is 16.4 Å². The van der Waals surface area contributed by atoms with Crippen LogP contribution in [-0.2, 0) is 16.0 Å². The maximum absolute atomic E-state index is 11.3. The fourth-order valence-corrected chi connectivity index (χ4v) is 2.51. The molecule has 5 nitrogen and oxygen atoms in total. The van der Waals surface area contributed by atoms with Gasteiger partial charge in [0.25, 0.3) is 0 Å². The number of nitrogens with one attached hydrogen (secondary N) is 2. The Kier molecular flexibility index (Phi) is 3.03. The third-order valence-electron chi connectivity index (χ3n) is 3.52. The van der Waals surface area contributed by atoms with Crippen molar-refractivity contribution in [2.75, 3.05) is 25.1 Å². The zero-order valence-electron chi connectivity index (χ0n) is 10.1. The molecule has 3 rings (SSSR count). The number of amides is 1. The zero-order chi connectivity index (χ0) is 12.5. The Morgan fingerprint density at radius 1 is 1.44 bits per heavy atom. The second kappa shape index (κ2) is 4.68. The van der Waals surface area contributed by atoms with Crippen molar-refractivity contribution in [1.82, 2.24) is 5.32 Å². The van der Waals surface area contributed by atoms with Crippen molar-refractivity contribution in [1.29, 1.82) is 0 Å². The molecule has 1 aromatic carbocycles. The average molecular weight is 247 g/mol. The number of rotatable bonds is 2. The van der Waals surface area contributed by atoms with Gasteiger partial charge in [-0.3, -0.25) is 4.79 Å². The molecule has 2 unspecified atom stereocenters. The Hall–Kier alpha value is -1.43. The number of fused-ring (bicyclic) bond motifs is 1. The number of anilines is 1. The van der Waals surface area contributed by atoms with E-state index in [0.29, 0.717) is 13.0 Å². The lowest BCUT2D eigenvalue weighted by atomic mass is 9.97. The van der Waals surface area contributed by atoms with Crippen molar-refractivity contribution in [2.24, 2.45) is 5.73 Å². The molecular formula is C13H17N3O2. The van der Waals surface area contributed by atoms with Gasteiger partial charge in [0.15, 0.2) is 0 Å².